The molecule has 144 valence electrons. The molecule has 7 nitrogen and oxygen atoms in total. The lowest BCUT2D eigenvalue weighted by atomic mass is 10.0. The van der Waals surface area contributed by atoms with E-state index < -0.39 is 5.97 Å². The summed E-state index contributed by atoms with van der Waals surface area (Å²) >= 11 is 0. The third kappa shape index (κ3) is 3.54. The van der Waals surface area contributed by atoms with Gasteiger partial charge in [-0.05, 0) is 51.3 Å². The SMILES string of the molecule is CCOC(=O)c1c(C)c(C(=O)CN(C(=O)c2ccco2)C2CC2)c(C)n1C. The van der Waals surface area contributed by atoms with Crippen molar-refractivity contribution in [1.29, 1.82) is 0 Å². The van der Waals surface area contributed by atoms with Gasteiger partial charge in [-0.2, -0.15) is 0 Å². The fraction of sp³-hybridized carbons (Fsp3) is 0.450. The number of ketones is 1. The number of nitrogens with zero attached hydrogens (tertiary/aromatic N) is 2. The molecule has 27 heavy (non-hydrogen) atoms. The largest absolute Gasteiger partial charge is 0.461 e. The minimum Gasteiger partial charge on any atom is -0.461 e. The summed E-state index contributed by atoms with van der Waals surface area (Å²) in [5, 5.41) is 0. The minimum absolute atomic E-state index is 0.0435. The summed E-state index contributed by atoms with van der Waals surface area (Å²) in [6.45, 7) is 5.49. The van der Waals surface area contributed by atoms with E-state index in [1.54, 1.807) is 49.4 Å². The first-order chi connectivity index (χ1) is 12.9. The third-order valence-corrected chi connectivity index (χ3v) is 4.97. The van der Waals surface area contributed by atoms with E-state index in [9.17, 15) is 14.4 Å². The zero-order valence-electron chi connectivity index (χ0n) is 16.1. The van der Waals surface area contributed by atoms with Gasteiger partial charge < -0.3 is 18.6 Å². The number of carbonyl (C=O) groups is 3. The molecule has 0 N–H and O–H groups in total. The van der Waals surface area contributed by atoms with Crippen LogP contribution in [0, 0.1) is 13.8 Å². The first kappa shape index (κ1) is 18.9. The van der Waals surface area contributed by atoms with Crippen molar-refractivity contribution in [3.05, 3.63) is 46.7 Å². The van der Waals surface area contributed by atoms with Gasteiger partial charge in [0.25, 0.3) is 5.91 Å². The van der Waals surface area contributed by atoms with Crippen LogP contribution in [0.1, 0.15) is 62.4 Å². The van der Waals surface area contributed by atoms with E-state index in [2.05, 4.69) is 0 Å². The summed E-state index contributed by atoms with van der Waals surface area (Å²) in [4.78, 5) is 39.6. The molecule has 2 heterocycles. The smallest absolute Gasteiger partial charge is 0.355 e. The van der Waals surface area contributed by atoms with Crippen molar-refractivity contribution < 1.29 is 23.5 Å². The van der Waals surface area contributed by atoms with Crippen LogP contribution in [0.5, 0.6) is 0 Å². The van der Waals surface area contributed by atoms with Crippen LogP contribution >= 0.6 is 0 Å². The lowest BCUT2D eigenvalue weighted by Gasteiger charge is -2.20. The molecule has 0 aliphatic heterocycles. The Labute approximate surface area is 157 Å². The van der Waals surface area contributed by atoms with E-state index in [1.807, 2.05) is 0 Å². The molecule has 1 fully saturated rings. The van der Waals surface area contributed by atoms with Crippen LogP contribution in [0.15, 0.2) is 22.8 Å². The van der Waals surface area contributed by atoms with E-state index in [0.717, 1.165) is 12.8 Å². The van der Waals surface area contributed by atoms with Crippen molar-refractivity contribution in [2.45, 2.75) is 39.7 Å². The van der Waals surface area contributed by atoms with E-state index in [1.165, 1.54) is 6.26 Å². The van der Waals surface area contributed by atoms with Crippen molar-refractivity contribution in [3.63, 3.8) is 0 Å². The van der Waals surface area contributed by atoms with Gasteiger partial charge in [-0.1, -0.05) is 0 Å². The molecule has 0 radical (unpaired) electrons. The van der Waals surface area contributed by atoms with Crippen LogP contribution in [-0.2, 0) is 11.8 Å². The van der Waals surface area contributed by atoms with Gasteiger partial charge in [0.05, 0.1) is 19.4 Å². The van der Waals surface area contributed by atoms with Gasteiger partial charge in [0.2, 0.25) is 0 Å². The molecule has 1 amide bonds. The van der Waals surface area contributed by atoms with Crippen molar-refractivity contribution in [1.82, 2.24) is 9.47 Å². The maximum Gasteiger partial charge on any atom is 0.355 e. The van der Waals surface area contributed by atoms with Crippen LogP contribution in [0.2, 0.25) is 0 Å². The monoisotopic (exact) mass is 372 g/mol. The second-order valence-electron chi connectivity index (χ2n) is 6.78. The molecule has 0 atom stereocenters. The number of aromatic nitrogens is 1. The molecular formula is C20H24N2O5. The Morgan fingerprint density at radius 3 is 2.56 bits per heavy atom. The zero-order chi connectivity index (χ0) is 19.7. The van der Waals surface area contributed by atoms with Gasteiger partial charge in [0.15, 0.2) is 11.5 Å². The number of ether oxygens (including phenoxy) is 1. The summed E-state index contributed by atoms with van der Waals surface area (Å²) in [6, 6.07) is 3.30. The summed E-state index contributed by atoms with van der Waals surface area (Å²) in [5.74, 6) is -0.704. The van der Waals surface area contributed by atoms with Gasteiger partial charge in [-0.3, -0.25) is 9.59 Å². The average Bonchev–Trinajstić information content (AvgIpc) is 3.25. The molecule has 1 saturated carbocycles. The molecule has 2 aromatic rings. The predicted molar refractivity (Wildman–Crippen MR) is 97.9 cm³/mol. The molecule has 0 aromatic carbocycles. The molecule has 7 heteroatoms. The number of furan rings is 1. The number of hydrogen-bond donors (Lipinski definition) is 0. The quantitative estimate of drug-likeness (QED) is 0.551. The molecule has 1 aliphatic rings. The molecule has 2 aromatic heterocycles. The standard InChI is InChI=1S/C20H24N2O5/c1-5-26-20(25)18-12(2)17(13(3)21(18)4)15(23)11-22(14-8-9-14)19(24)16-7-6-10-27-16/h6-7,10,14H,5,8-9,11H2,1-4H3. The number of amides is 1. The van der Waals surface area contributed by atoms with Crippen molar-refractivity contribution in [2.75, 3.05) is 13.2 Å². The average molecular weight is 372 g/mol. The van der Waals surface area contributed by atoms with Gasteiger partial charge in [0, 0.05) is 24.3 Å². The van der Waals surface area contributed by atoms with Crippen LogP contribution in [0.25, 0.3) is 0 Å². The maximum atomic E-state index is 13.1. The minimum atomic E-state index is -0.453. The molecular weight excluding hydrogens is 348 g/mol. The topological polar surface area (TPSA) is 81.8 Å². The molecule has 3 rings (SSSR count). The van der Waals surface area contributed by atoms with Crippen LogP contribution in [0.4, 0.5) is 0 Å². The van der Waals surface area contributed by atoms with Crippen molar-refractivity contribution in [2.24, 2.45) is 7.05 Å². The fourth-order valence-corrected chi connectivity index (χ4v) is 3.41. The fourth-order valence-electron chi connectivity index (χ4n) is 3.41. The summed E-state index contributed by atoms with van der Waals surface area (Å²) in [7, 11) is 1.73. The first-order valence-corrected chi connectivity index (χ1v) is 9.07. The Hall–Kier alpha value is -2.83. The maximum absolute atomic E-state index is 13.1. The van der Waals surface area contributed by atoms with E-state index in [0.29, 0.717) is 22.5 Å². The second-order valence-corrected chi connectivity index (χ2v) is 6.78. The Morgan fingerprint density at radius 1 is 1.30 bits per heavy atom. The van der Waals surface area contributed by atoms with Crippen LogP contribution < -0.4 is 0 Å². The molecule has 0 unspecified atom stereocenters. The Kier molecular flexibility index (Phi) is 5.21. The zero-order valence-corrected chi connectivity index (χ0v) is 16.1. The Morgan fingerprint density at radius 2 is 2.00 bits per heavy atom. The Bertz CT molecular complexity index is 875. The van der Waals surface area contributed by atoms with Crippen LogP contribution in [0.3, 0.4) is 0 Å². The van der Waals surface area contributed by atoms with Gasteiger partial charge in [0.1, 0.15) is 5.69 Å². The van der Waals surface area contributed by atoms with Crippen molar-refractivity contribution >= 4 is 17.7 Å². The van der Waals surface area contributed by atoms with Crippen molar-refractivity contribution in [3.8, 4) is 0 Å². The number of esters is 1. The Balaban J connectivity index is 1.88. The van der Waals surface area contributed by atoms with Gasteiger partial charge in [-0.25, -0.2) is 4.79 Å². The molecule has 1 aliphatic carbocycles. The lowest BCUT2D eigenvalue weighted by molar-refractivity contribution is 0.0514. The molecule has 0 bridgehead atoms. The predicted octanol–water partition coefficient (Wildman–Crippen LogP) is 2.90. The number of rotatable bonds is 7. The number of hydrogen-bond acceptors (Lipinski definition) is 5. The third-order valence-electron chi connectivity index (χ3n) is 4.97. The lowest BCUT2D eigenvalue weighted by Crippen LogP contribution is -2.37. The normalized spacial score (nSPS) is 13.5. The highest BCUT2D eigenvalue weighted by Crippen LogP contribution is 2.30. The van der Waals surface area contributed by atoms with E-state index >= 15 is 0 Å². The highest BCUT2D eigenvalue weighted by molar-refractivity contribution is 6.05. The first-order valence-electron chi connectivity index (χ1n) is 9.07. The van der Waals surface area contributed by atoms with E-state index in [-0.39, 0.29) is 36.6 Å². The van der Waals surface area contributed by atoms with E-state index in [4.69, 9.17) is 9.15 Å². The summed E-state index contributed by atoms with van der Waals surface area (Å²) < 4.78 is 12.0. The summed E-state index contributed by atoms with van der Waals surface area (Å²) in [5.41, 5.74) is 2.10. The highest BCUT2D eigenvalue weighted by Gasteiger charge is 2.36. The van der Waals surface area contributed by atoms with Gasteiger partial charge in [-0.15, -0.1) is 0 Å². The molecule has 0 saturated heterocycles. The number of Topliss-reactive ketones (excluding diaryl/α,β-unsaturated/α-hetero) is 1. The summed E-state index contributed by atoms with van der Waals surface area (Å²) in [6.07, 6.45) is 3.19. The molecule has 0 spiro atoms. The van der Waals surface area contributed by atoms with Crippen LogP contribution in [-0.4, -0.2) is 46.3 Å². The number of carbonyl (C=O) groups excluding carboxylic acids is 3. The highest BCUT2D eigenvalue weighted by atomic mass is 16.5. The van der Waals surface area contributed by atoms with Gasteiger partial charge >= 0.3 is 5.97 Å². The second kappa shape index (κ2) is 7.42.